The second kappa shape index (κ2) is 52.3. The van der Waals surface area contributed by atoms with Gasteiger partial charge in [-0.25, -0.2) is 19.2 Å². The predicted molar refractivity (Wildman–Crippen MR) is 493 cm³/mol. The summed E-state index contributed by atoms with van der Waals surface area (Å²) in [5, 5.41) is 77.8. The lowest BCUT2D eigenvalue weighted by atomic mass is 10.0. The number of thiophene rings is 4. The van der Waals surface area contributed by atoms with Crippen LogP contribution in [0.5, 0.6) is 0 Å². The van der Waals surface area contributed by atoms with Crippen LogP contribution in [0.3, 0.4) is 0 Å². The number of hydrogen-bond donors (Lipinski definition) is 8. The van der Waals surface area contributed by atoms with Crippen molar-refractivity contribution in [3.8, 4) is 0 Å². The molecule has 0 radical (unpaired) electrons. The van der Waals surface area contributed by atoms with Crippen molar-refractivity contribution >= 4 is 116 Å². The Kier molecular flexibility index (Phi) is 41.8. The van der Waals surface area contributed by atoms with Crippen molar-refractivity contribution in [3.05, 3.63) is 207 Å². The molecule has 4 aliphatic heterocycles. The normalized spacial score (nSPS) is 17.3. The number of amides is 4. The van der Waals surface area contributed by atoms with Crippen LogP contribution in [0.25, 0.3) is 0 Å². The molecule has 8 atom stereocenters. The van der Waals surface area contributed by atoms with Gasteiger partial charge in [-0.2, -0.15) is 0 Å². The zero-order valence-corrected chi connectivity index (χ0v) is 75.7. The van der Waals surface area contributed by atoms with Crippen LogP contribution in [-0.2, 0) is 54.7 Å². The highest BCUT2D eigenvalue weighted by atomic mass is 32.1. The summed E-state index contributed by atoms with van der Waals surface area (Å²) in [6.07, 6.45) is 30.0. The minimum atomic E-state index is -0.932. The quantitative estimate of drug-likeness (QED) is 0.0164. The van der Waals surface area contributed by atoms with Gasteiger partial charge in [0.05, 0.1) is 62.9 Å². The Morgan fingerprint density at radius 1 is 0.315 bits per heavy atom. The van der Waals surface area contributed by atoms with Gasteiger partial charge in [-0.05, 0) is 209 Å². The molecular formula is C98H128N4O18S4. The molecule has 4 aromatic heterocycles. The number of carbonyl (C=O) groups excluding carboxylic acids is 4. The second-order valence-corrected chi connectivity index (χ2v) is 37.4. The maximum atomic E-state index is 12.5. The fraction of sp³-hybridized carbons (Fsp3) is 0.510. The fourth-order valence-electron chi connectivity index (χ4n) is 16.4. The molecule has 1 unspecified atom stereocenters. The summed E-state index contributed by atoms with van der Waals surface area (Å²) in [7, 11) is 0. The number of nitrogens with zero attached hydrogens (tertiary/aromatic N) is 4. The average Bonchev–Trinajstić information content (AvgIpc) is 1.70. The van der Waals surface area contributed by atoms with E-state index in [4.69, 9.17) is 29.9 Å². The number of anilines is 4. The molecule has 4 saturated heterocycles. The first-order valence-electron chi connectivity index (χ1n) is 44.8. The Labute approximate surface area is 746 Å². The Hall–Kier alpha value is -8.80. The summed E-state index contributed by atoms with van der Waals surface area (Å²) in [5.74, 6) is -3.16. The van der Waals surface area contributed by atoms with E-state index in [-0.39, 0.29) is 47.8 Å². The molecule has 12 rings (SSSR count). The van der Waals surface area contributed by atoms with E-state index < -0.39 is 48.3 Å². The Balaban J connectivity index is 0.000000187. The van der Waals surface area contributed by atoms with Gasteiger partial charge in [-0.3, -0.25) is 19.2 Å². The van der Waals surface area contributed by atoms with E-state index in [1.807, 2.05) is 119 Å². The number of carboxylic acids is 4. The van der Waals surface area contributed by atoms with Crippen LogP contribution in [-0.4, -0.2) is 126 Å². The molecule has 26 heteroatoms. The third kappa shape index (κ3) is 30.8. The first kappa shape index (κ1) is 99.0. The fourth-order valence-corrected chi connectivity index (χ4v) is 19.8. The maximum Gasteiger partial charge on any atom is 0.345 e. The number of aromatic carboxylic acids is 4. The van der Waals surface area contributed by atoms with Crippen molar-refractivity contribution in [1.29, 1.82) is 0 Å². The number of hydrogen-bond acceptors (Lipinski definition) is 18. The molecule has 4 aliphatic rings. The van der Waals surface area contributed by atoms with Gasteiger partial charge in [0.25, 0.3) is 0 Å². The zero-order chi connectivity index (χ0) is 88.9. The number of carboxylic acid groups (broad SMARTS) is 4. The van der Waals surface area contributed by atoms with E-state index in [0.29, 0.717) is 71.6 Å². The van der Waals surface area contributed by atoms with Gasteiger partial charge in [-0.15, -0.1) is 45.3 Å². The molecule has 0 saturated carbocycles. The first-order chi connectivity index (χ1) is 60.0. The number of aliphatic hydroxyl groups is 4. The Morgan fingerprint density at radius 3 is 0.790 bits per heavy atom. The zero-order valence-electron chi connectivity index (χ0n) is 72.4. The maximum absolute atomic E-state index is 12.5. The van der Waals surface area contributed by atoms with Crippen LogP contribution in [0, 0.1) is 0 Å². The monoisotopic (exact) mass is 1780 g/mol. The highest BCUT2D eigenvalue weighted by molar-refractivity contribution is 7.14. The van der Waals surface area contributed by atoms with Gasteiger partial charge in [0.2, 0.25) is 23.6 Å². The molecule has 22 nitrogen and oxygen atoms in total. The van der Waals surface area contributed by atoms with Gasteiger partial charge in [0.1, 0.15) is 19.5 Å². The summed E-state index contributed by atoms with van der Waals surface area (Å²) in [4.78, 5) is 107. The summed E-state index contributed by atoms with van der Waals surface area (Å²) >= 11 is 5.07. The smallest absolute Gasteiger partial charge is 0.345 e. The number of aliphatic hydroxyl groups excluding tert-OH is 4. The summed E-state index contributed by atoms with van der Waals surface area (Å²) in [6.45, 7) is 10.2. The topological polar surface area (TPSA) is 330 Å². The molecule has 8 heterocycles. The van der Waals surface area contributed by atoms with E-state index in [1.165, 1.54) is 96.7 Å². The lowest BCUT2D eigenvalue weighted by Crippen LogP contribution is -2.36. The number of carbonyl (C=O) groups is 8. The summed E-state index contributed by atoms with van der Waals surface area (Å²) in [6, 6.07) is 44.9. The molecule has 4 fully saturated rings. The molecule has 0 bridgehead atoms. The van der Waals surface area contributed by atoms with Gasteiger partial charge in [0, 0.05) is 80.0 Å². The number of rotatable bonds is 48. The molecule has 0 spiro atoms. The lowest BCUT2D eigenvalue weighted by molar-refractivity contribution is -0.118. The summed E-state index contributed by atoms with van der Waals surface area (Å²) in [5.41, 5.74) is 7.03. The van der Waals surface area contributed by atoms with E-state index in [0.717, 1.165) is 206 Å². The number of benzene rings is 4. The lowest BCUT2D eigenvalue weighted by Gasteiger charge is -2.25. The highest BCUT2D eigenvalue weighted by Crippen LogP contribution is 2.37. The third-order valence-electron chi connectivity index (χ3n) is 23.4. The minimum Gasteiger partial charge on any atom is -0.477 e. The van der Waals surface area contributed by atoms with Crippen LogP contribution < -0.4 is 19.6 Å². The Morgan fingerprint density at radius 2 is 0.548 bits per heavy atom. The van der Waals surface area contributed by atoms with Gasteiger partial charge in [-0.1, -0.05) is 179 Å². The van der Waals surface area contributed by atoms with Crippen molar-refractivity contribution in [2.45, 2.75) is 308 Å². The molecule has 0 aliphatic carbocycles. The molecule has 8 aromatic rings. The molecule has 124 heavy (non-hydrogen) atoms. The third-order valence-corrected chi connectivity index (χ3v) is 27.7. The number of aryl methyl sites for hydroxylation is 2. The van der Waals surface area contributed by atoms with Crippen LogP contribution in [0.15, 0.2) is 146 Å². The largest absolute Gasteiger partial charge is 0.477 e. The van der Waals surface area contributed by atoms with Crippen molar-refractivity contribution in [2.75, 3.05) is 32.8 Å². The molecular weight excluding hydrogens is 1650 g/mol. The number of unbranched alkanes of at least 4 members (excludes halogenated alkanes) is 12. The molecule has 4 aromatic carbocycles. The molecule has 672 valence electrons. The molecule has 4 amide bonds. The van der Waals surface area contributed by atoms with Crippen molar-refractivity contribution in [3.63, 3.8) is 0 Å². The Bertz CT molecular complexity index is 4020. The van der Waals surface area contributed by atoms with Crippen LogP contribution in [0.4, 0.5) is 22.7 Å². The van der Waals surface area contributed by atoms with Gasteiger partial charge in [0.15, 0.2) is 0 Å². The second-order valence-electron chi connectivity index (χ2n) is 32.8. The minimum absolute atomic E-state index is 0.0452. The van der Waals surface area contributed by atoms with Gasteiger partial charge < -0.3 is 69.9 Å². The van der Waals surface area contributed by atoms with E-state index in [9.17, 15) is 58.8 Å². The van der Waals surface area contributed by atoms with E-state index in [2.05, 4.69) is 27.7 Å². The van der Waals surface area contributed by atoms with Gasteiger partial charge >= 0.3 is 23.9 Å². The standard InChI is InChI=1S/2C25H33NO4S.2C24H31NO5S/c2*1-2-3-4-5-9-22(27)18-10-12-20(13-11-18)26-19(14-17-24(26)28)7-6-8-21-15-16-23(31-21)25(29)30;2*1-2-3-4-5-6-21(26)17-7-9-18(10-8-17)25-19(11-14-23(25)27)15-30-16-20-12-13-22(31-20)24(28)29/h2*10-13,15-16,19,22,27H,2-9,14,17H2,1H3,(H,29,30);2*7-10,12-13,19,21,26H,2-6,11,14-16H2,1H3,(H,28,29)/t19-,22?;19-,22-;19-,21+;19-,21-/m0011/s1. The average molecular weight is 1780 g/mol. The van der Waals surface area contributed by atoms with Crippen LogP contribution in [0.1, 0.15) is 338 Å². The molecule has 8 N–H and O–H groups in total. The van der Waals surface area contributed by atoms with Crippen LogP contribution >= 0.6 is 45.3 Å². The van der Waals surface area contributed by atoms with Crippen LogP contribution in [0.2, 0.25) is 0 Å². The predicted octanol–water partition coefficient (Wildman–Crippen LogP) is 22.3. The SMILES string of the molecule is CCCCCCC(O)c1ccc(N2C(=O)CC[C@@H]2CCCc2ccc(C(=O)O)s2)cc1.CCCCCC[C@@H](O)c1ccc(N2C(=O)CC[C@@H]2COCc2ccc(C(=O)O)s2)cc1.CCCCCC[C@H](O)c1ccc(N2C(=O)CC[C@@H]2CCCc2ccc(C(=O)O)s2)cc1.CCCCCC[C@H](O)c1ccc(N2C(=O)CC[C@@H]2COCc2ccc(C(=O)O)s2)cc1. The van der Waals surface area contributed by atoms with Crippen molar-refractivity contribution in [2.24, 2.45) is 0 Å². The van der Waals surface area contributed by atoms with Crippen molar-refractivity contribution in [1.82, 2.24) is 0 Å². The van der Waals surface area contributed by atoms with E-state index >= 15 is 0 Å². The first-order valence-corrected chi connectivity index (χ1v) is 48.1. The highest BCUT2D eigenvalue weighted by Gasteiger charge is 2.36. The number of ether oxygens (including phenoxy) is 2. The van der Waals surface area contributed by atoms with E-state index in [1.54, 1.807) is 46.2 Å². The van der Waals surface area contributed by atoms with Crippen molar-refractivity contribution < 1.29 is 88.7 Å². The summed E-state index contributed by atoms with van der Waals surface area (Å²) < 4.78 is 11.6.